The Morgan fingerprint density at radius 1 is 0.927 bits per heavy atom. The SMILES string of the molecule is CC(C)[C@H](NC(=O)[C@@H](CCC(=O)NCCOCCC(=O)OC(C)(C)C)NC(=O)CCCN1C(=O)C=CC1=O)C(=O)O. The van der Waals surface area contributed by atoms with Gasteiger partial charge in [0, 0.05) is 38.1 Å². The third-order valence-corrected chi connectivity index (χ3v) is 5.67. The van der Waals surface area contributed by atoms with Crippen molar-refractivity contribution >= 4 is 41.5 Å². The third kappa shape index (κ3) is 14.4. The molecule has 0 aliphatic carbocycles. The lowest BCUT2D eigenvalue weighted by molar-refractivity contribution is -0.156. The molecular formula is C27H42N4O10. The summed E-state index contributed by atoms with van der Waals surface area (Å²) in [5.41, 5.74) is -0.588. The number of esters is 1. The quantitative estimate of drug-likeness (QED) is 0.0973. The number of aliphatic carboxylic acids is 1. The molecule has 4 N–H and O–H groups in total. The van der Waals surface area contributed by atoms with Crippen LogP contribution in [0.1, 0.15) is 66.7 Å². The van der Waals surface area contributed by atoms with Crippen molar-refractivity contribution < 1.29 is 48.1 Å². The molecule has 0 aromatic rings. The minimum Gasteiger partial charge on any atom is -0.480 e. The number of rotatable bonds is 18. The molecule has 230 valence electrons. The number of carbonyl (C=O) groups is 7. The molecule has 1 aliphatic rings. The Hall–Kier alpha value is -3.81. The number of hydrogen-bond acceptors (Lipinski definition) is 9. The van der Waals surface area contributed by atoms with E-state index >= 15 is 0 Å². The number of carboxylic acids is 1. The van der Waals surface area contributed by atoms with Gasteiger partial charge in [-0.15, -0.1) is 0 Å². The van der Waals surface area contributed by atoms with E-state index in [1.54, 1.807) is 34.6 Å². The monoisotopic (exact) mass is 582 g/mol. The molecule has 0 unspecified atom stereocenters. The second-order valence-corrected chi connectivity index (χ2v) is 10.8. The van der Waals surface area contributed by atoms with E-state index in [1.165, 1.54) is 0 Å². The number of nitrogens with zero attached hydrogens (tertiary/aromatic N) is 1. The van der Waals surface area contributed by atoms with Crippen molar-refractivity contribution in [2.24, 2.45) is 5.92 Å². The molecule has 2 atom stereocenters. The minimum absolute atomic E-state index is 0.0195. The fourth-order valence-electron chi connectivity index (χ4n) is 3.63. The second kappa shape index (κ2) is 17.1. The van der Waals surface area contributed by atoms with Gasteiger partial charge >= 0.3 is 11.9 Å². The maximum atomic E-state index is 12.9. The smallest absolute Gasteiger partial charge is 0.326 e. The predicted molar refractivity (Wildman–Crippen MR) is 145 cm³/mol. The van der Waals surface area contributed by atoms with Gasteiger partial charge in [-0.05, 0) is 39.5 Å². The minimum atomic E-state index is -1.24. The number of carbonyl (C=O) groups excluding carboxylic acids is 6. The van der Waals surface area contributed by atoms with Gasteiger partial charge < -0.3 is 30.5 Å². The molecule has 41 heavy (non-hydrogen) atoms. The number of ether oxygens (including phenoxy) is 2. The van der Waals surface area contributed by atoms with Gasteiger partial charge in [0.05, 0.1) is 19.6 Å². The maximum Gasteiger partial charge on any atom is 0.326 e. The molecule has 1 aliphatic heterocycles. The predicted octanol–water partition coefficient (Wildman–Crippen LogP) is 0.0466. The third-order valence-electron chi connectivity index (χ3n) is 5.67. The molecule has 0 spiro atoms. The van der Waals surface area contributed by atoms with E-state index in [0.29, 0.717) is 0 Å². The zero-order valence-corrected chi connectivity index (χ0v) is 24.3. The van der Waals surface area contributed by atoms with Crippen LogP contribution in [-0.4, -0.2) is 95.5 Å². The van der Waals surface area contributed by atoms with Crippen molar-refractivity contribution in [3.63, 3.8) is 0 Å². The summed E-state index contributed by atoms with van der Waals surface area (Å²) in [5.74, 6) is -4.76. The Morgan fingerprint density at radius 2 is 1.56 bits per heavy atom. The highest BCUT2D eigenvalue weighted by molar-refractivity contribution is 6.12. The first-order valence-electron chi connectivity index (χ1n) is 13.5. The number of hydrogen-bond donors (Lipinski definition) is 4. The lowest BCUT2D eigenvalue weighted by Crippen LogP contribution is -2.53. The first kappa shape index (κ1) is 35.2. The number of carboxylic acid groups (broad SMARTS) is 1. The Balaban J connectivity index is 2.56. The van der Waals surface area contributed by atoms with Gasteiger partial charge in [-0.25, -0.2) is 4.79 Å². The summed E-state index contributed by atoms with van der Waals surface area (Å²) in [6, 6.07) is -2.40. The first-order chi connectivity index (χ1) is 19.1. The van der Waals surface area contributed by atoms with Gasteiger partial charge in [-0.1, -0.05) is 13.8 Å². The van der Waals surface area contributed by atoms with Gasteiger partial charge in [0.25, 0.3) is 11.8 Å². The van der Waals surface area contributed by atoms with Gasteiger partial charge in [0.1, 0.15) is 17.7 Å². The fraction of sp³-hybridized carbons (Fsp3) is 0.667. The average Bonchev–Trinajstić information content (AvgIpc) is 3.17. The van der Waals surface area contributed by atoms with E-state index in [9.17, 15) is 38.7 Å². The summed E-state index contributed by atoms with van der Waals surface area (Å²) in [6.45, 7) is 8.94. The summed E-state index contributed by atoms with van der Waals surface area (Å²) in [5, 5.41) is 16.9. The molecule has 14 nitrogen and oxygen atoms in total. The zero-order chi connectivity index (χ0) is 31.2. The molecule has 5 amide bonds. The Morgan fingerprint density at radius 3 is 2.12 bits per heavy atom. The van der Waals surface area contributed by atoms with Crippen molar-refractivity contribution in [1.82, 2.24) is 20.9 Å². The Labute approximate surface area is 239 Å². The number of nitrogens with one attached hydrogen (secondary N) is 3. The van der Waals surface area contributed by atoms with Crippen molar-refractivity contribution in [1.29, 1.82) is 0 Å². The molecule has 0 aromatic heterocycles. The largest absolute Gasteiger partial charge is 0.480 e. The molecule has 0 bridgehead atoms. The summed E-state index contributed by atoms with van der Waals surface area (Å²) < 4.78 is 10.5. The van der Waals surface area contributed by atoms with E-state index in [0.717, 1.165) is 17.1 Å². The van der Waals surface area contributed by atoms with Crippen LogP contribution in [-0.2, 0) is 43.0 Å². The molecule has 1 heterocycles. The molecular weight excluding hydrogens is 540 g/mol. The van der Waals surface area contributed by atoms with Crippen molar-refractivity contribution in [2.45, 2.75) is 84.4 Å². The van der Waals surface area contributed by atoms with E-state index in [-0.39, 0.29) is 58.4 Å². The molecule has 0 saturated heterocycles. The van der Waals surface area contributed by atoms with Crippen LogP contribution in [0.25, 0.3) is 0 Å². The van der Waals surface area contributed by atoms with Crippen LogP contribution in [0.3, 0.4) is 0 Å². The van der Waals surface area contributed by atoms with Crippen molar-refractivity contribution in [3.05, 3.63) is 12.2 Å². The average molecular weight is 583 g/mol. The van der Waals surface area contributed by atoms with E-state index in [2.05, 4.69) is 16.0 Å². The summed E-state index contributed by atoms with van der Waals surface area (Å²) in [4.78, 5) is 85.2. The van der Waals surface area contributed by atoms with Crippen LogP contribution in [0, 0.1) is 5.92 Å². The topological polar surface area (TPSA) is 198 Å². The molecule has 1 rings (SSSR count). The lowest BCUT2D eigenvalue weighted by atomic mass is 10.0. The summed E-state index contributed by atoms with van der Waals surface area (Å²) >= 11 is 0. The number of amides is 5. The van der Waals surface area contributed by atoms with Crippen LogP contribution >= 0.6 is 0 Å². The van der Waals surface area contributed by atoms with Crippen LogP contribution in [0.15, 0.2) is 12.2 Å². The maximum absolute atomic E-state index is 12.9. The van der Waals surface area contributed by atoms with Crippen LogP contribution in [0.5, 0.6) is 0 Å². The van der Waals surface area contributed by atoms with E-state index < -0.39 is 65.1 Å². The molecule has 14 heteroatoms. The van der Waals surface area contributed by atoms with E-state index in [1.807, 2.05) is 0 Å². The molecule has 0 radical (unpaired) electrons. The van der Waals surface area contributed by atoms with Crippen molar-refractivity contribution in [2.75, 3.05) is 26.3 Å². The zero-order valence-electron chi connectivity index (χ0n) is 24.3. The standard InChI is InChI=1S/C27H42N4O10/c1-17(2)24(26(38)39)30-25(37)18(29-20(33)7-6-14-31-21(34)10-11-22(31)35)8-9-19(32)28-13-16-40-15-12-23(36)41-27(3,4)5/h10-11,17-18,24H,6-9,12-16H2,1-5H3,(H,28,32)(H,29,33)(H,30,37)(H,38,39)/t18-,24+/m1/s1. The summed E-state index contributed by atoms with van der Waals surface area (Å²) in [6.07, 6.45) is 2.11. The van der Waals surface area contributed by atoms with Crippen molar-refractivity contribution in [3.8, 4) is 0 Å². The van der Waals surface area contributed by atoms with Gasteiger partial charge in [0.2, 0.25) is 17.7 Å². The first-order valence-corrected chi connectivity index (χ1v) is 13.5. The van der Waals surface area contributed by atoms with Crippen LogP contribution in [0.2, 0.25) is 0 Å². The van der Waals surface area contributed by atoms with Crippen LogP contribution < -0.4 is 16.0 Å². The second-order valence-electron chi connectivity index (χ2n) is 10.8. The Bertz CT molecular complexity index is 985. The lowest BCUT2D eigenvalue weighted by Gasteiger charge is -2.23. The normalized spacial score (nSPS) is 14.5. The highest BCUT2D eigenvalue weighted by Crippen LogP contribution is 2.09. The fourth-order valence-corrected chi connectivity index (χ4v) is 3.63. The molecule has 0 saturated carbocycles. The van der Waals surface area contributed by atoms with E-state index in [4.69, 9.17) is 9.47 Å². The molecule has 0 fully saturated rings. The van der Waals surface area contributed by atoms with Crippen LogP contribution in [0.4, 0.5) is 0 Å². The van der Waals surface area contributed by atoms with Gasteiger partial charge in [-0.3, -0.25) is 33.7 Å². The molecule has 0 aromatic carbocycles. The summed E-state index contributed by atoms with van der Waals surface area (Å²) in [7, 11) is 0. The van der Waals surface area contributed by atoms with Gasteiger partial charge in [0.15, 0.2) is 0 Å². The Kier molecular flexibility index (Phi) is 14.7. The highest BCUT2D eigenvalue weighted by atomic mass is 16.6. The highest BCUT2D eigenvalue weighted by Gasteiger charge is 2.29. The number of imide groups is 1. The van der Waals surface area contributed by atoms with Gasteiger partial charge in [-0.2, -0.15) is 0 Å².